The minimum absolute atomic E-state index is 0.0768. The number of anilines is 1. The standard InChI is InChI=1S/C15H17ClN2O2/c16-11-5-4-8-13(9-11)17-10-14(19)18(15(17)20)12-6-2-1-3-7-12/h4-5,8-9,12H,1-3,6-7,10H2. The SMILES string of the molecule is O=C1CN(c2cccc(Cl)c2)C(=O)N1C1CCCCC1. The second-order valence-corrected chi connectivity index (χ2v) is 5.84. The van der Waals surface area contributed by atoms with Crippen LogP contribution < -0.4 is 4.90 Å². The fourth-order valence-corrected chi connectivity index (χ4v) is 3.25. The second-order valence-electron chi connectivity index (χ2n) is 5.40. The van der Waals surface area contributed by atoms with Crippen LogP contribution in [0.25, 0.3) is 0 Å². The molecule has 0 aromatic heterocycles. The van der Waals surface area contributed by atoms with E-state index in [1.807, 2.05) is 0 Å². The van der Waals surface area contributed by atoms with Crippen LogP contribution in [0.15, 0.2) is 24.3 Å². The number of hydrogen-bond acceptors (Lipinski definition) is 2. The quantitative estimate of drug-likeness (QED) is 0.784. The van der Waals surface area contributed by atoms with Gasteiger partial charge in [-0.15, -0.1) is 0 Å². The zero-order valence-electron chi connectivity index (χ0n) is 11.2. The summed E-state index contributed by atoms with van der Waals surface area (Å²) in [5.41, 5.74) is 0.689. The third-order valence-electron chi connectivity index (χ3n) is 4.06. The first kappa shape index (κ1) is 13.4. The highest BCUT2D eigenvalue weighted by Crippen LogP contribution is 2.29. The molecule has 0 bridgehead atoms. The van der Waals surface area contributed by atoms with Gasteiger partial charge in [-0.25, -0.2) is 4.79 Å². The molecule has 3 amide bonds. The summed E-state index contributed by atoms with van der Waals surface area (Å²) in [6, 6.07) is 6.95. The molecular formula is C15H17ClN2O2. The number of benzene rings is 1. The van der Waals surface area contributed by atoms with Crippen molar-refractivity contribution < 1.29 is 9.59 Å². The van der Waals surface area contributed by atoms with Gasteiger partial charge in [0.15, 0.2) is 0 Å². The average molecular weight is 293 g/mol. The number of carbonyl (C=O) groups excluding carboxylic acids is 2. The molecule has 2 fully saturated rings. The summed E-state index contributed by atoms with van der Waals surface area (Å²) >= 11 is 5.96. The van der Waals surface area contributed by atoms with Crippen molar-refractivity contribution in [1.29, 1.82) is 0 Å². The first-order chi connectivity index (χ1) is 9.66. The second kappa shape index (κ2) is 5.44. The monoisotopic (exact) mass is 292 g/mol. The van der Waals surface area contributed by atoms with Crippen LogP contribution in [-0.4, -0.2) is 29.4 Å². The Hall–Kier alpha value is -1.55. The normalized spacial score (nSPS) is 20.9. The molecule has 20 heavy (non-hydrogen) atoms. The lowest BCUT2D eigenvalue weighted by molar-refractivity contribution is -0.126. The number of halogens is 1. The van der Waals surface area contributed by atoms with Gasteiger partial charge in [-0.2, -0.15) is 0 Å². The van der Waals surface area contributed by atoms with Crippen LogP contribution >= 0.6 is 11.6 Å². The molecule has 1 heterocycles. The minimum atomic E-state index is -0.204. The number of hydrogen-bond donors (Lipinski definition) is 0. The van der Waals surface area contributed by atoms with Gasteiger partial charge >= 0.3 is 6.03 Å². The van der Waals surface area contributed by atoms with Gasteiger partial charge in [0.1, 0.15) is 6.54 Å². The molecular weight excluding hydrogens is 276 g/mol. The number of nitrogens with zero attached hydrogens (tertiary/aromatic N) is 2. The molecule has 0 atom stereocenters. The summed E-state index contributed by atoms with van der Waals surface area (Å²) in [5, 5.41) is 0.568. The predicted octanol–water partition coefficient (Wildman–Crippen LogP) is 3.44. The molecule has 0 unspecified atom stereocenters. The summed E-state index contributed by atoms with van der Waals surface area (Å²) < 4.78 is 0. The summed E-state index contributed by atoms with van der Waals surface area (Å²) in [6.07, 6.45) is 5.25. The molecule has 106 valence electrons. The molecule has 0 radical (unpaired) electrons. The van der Waals surface area contributed by atoms with E-state index >= 15 is 0 Å². The van der Waals surface area contributed by atoms with Crippen molar-refractivity contribution in [2.24, 2.45) is 0 Å². The third kappa shape index (κ3) is 2.40. The third-order valence-corrected chi connectivity index (χ3v) is 4.29. The molecule has 2 aliphatic rings. The number of carbonyl (C=O) groups is 2. The zero-order valence-corrected chi connectivity index (χ0v) is 12.0. The molecule has 1 aliphatic carbocycles. The highest BCUT2D eigenvalue weighted by atomic mass is 35.5. The van der Waals surface area contributed by atoms with Gasteiger partial charge < -0.3 is 0 Å². The highest BCUT2D eigenvalue weighted by molar-refractivity contribution is 6.31. The van der Waals surface area contributed by atoms with Crippen LogP contribution in [0.5, 0.6) is 0 Å². The van der Waals surface area contributed by atoms with E-state index in [9.17, 15) is 9.59 Å². The maximum absolute atomic E-state index is 12.5. The minimum Gasteiger partial charge on any atom is -0.284 e. The summed E-state index contributed by atoms with van der Waals surface area (Å²) in [5.74, 6) is -0.0955. The molecule has 0 N–H and O–H groups in total. The topological polar surface area (TPSA) is 40.6 Å². The highest BCUT2D eigenvalue weighted by Gasteiger charge is 2.41. The lowest BCUT2D eigenvalue weighted by Crippen LogP contribution is -2.42. The van der Waals surface area contributed by atoms with Crippen LogP contribution in [0.3, 0.4) is 0 Å². The maximum atomic E-state index is 12.5. The van der Waals surface area contributed by atoms with E-state index in [0.717, 1.165) is 25.7 Å². The number of imide groups is 1. The van der Waals surface area contributed by atoms with Gasteiger partial charge in [-0.05, 0) is 31.0 Å². The lowest BCUT2D eigenvalue weighted by atomic mass is 9.94. The Morgan fingerprint density at radius 1 is 1.10 bits per heavy atom. The van der Waals surface area contributed by atoms with Gasteiger partial charge in [0, 0.05) is 16.8 Å². The van der Waals surface area contributed by atoms with E-state index in [0.29, 0.717) is 10.7 Å². The van der Waals surface area contributed by atoms with E-state index in [2.05, 4.69) is 0 Å². The first-order valence-corrected chi connectivity index (χ1v) is 7.44. The Balaban J connectivity index is 1.82. The molecule has 4 nitrogen and oxygen atoms in total. The van der Waals surface area contributed by atoms with E-state index in [4.69, 9.17) is 11.6 Å². The van der Waals surface area contributed by atoms with Gasteiger partial charge in [0.25, 0.3) is 5.91 Å². The molecule has 1 aromatic carbocycles. The fraction of sp³-hybridized carbons (Fsp3) is 0.467. The van der Waals surface area contributed by atoms with Crippen molar-refractivity contribution in [1.82, 2.24) is 4.90 Å². The van der Waals surface area contributed by atoms with E-state index < -0.39 is 0 Å². The largest absolute Gasteiger partial charge is 0.331 e. The molecule has 5 heteroatoms. The average Bonchev–Trinajstić information content (AvgIpc) is 2.75. The summed E-state index contributed by atoms with van der Waals surface area (Å²) in [4.78, 5) is 27.7. The Labute approximate surface area is 123 Å². The zero-order chi connectivity index (χ0) is 14.1. The first-order valence-electron chi connectivity index (χ1n) is 7.06. The number of rotatable bonds is 2. The van der Waals surface area contributed by atoms with Crippen molar-refractivity contribution in [2.75, 3.05) is 11.4 Å². The summed E-state index contributed by atoms with van der Waals surface area (Å²) in [6.45, 7) is 0.121. The van der Waals surface area contributed by atoms with Crippen molar-refractivity contribution in [2.45, 2.75) is 38.1 Å². The summed E-state index contributed by atoms with van der Waals surface area (Å²) in [7, 11) is 0. The van der Waals surface area contributed by atoms with Crippen LogP contribution in [0.4, 0.5) is 10.5 Å². The molecule has 0 spiro atoms. The maximum Gasteiger partial charge on any atom is 0.331 e. The van der Waals surface area contributed by atoms with Gasteiger partial charge in [-0.1, -0.05) is 36.9 Å². The number of amides is 3. The van der Waals surface area contributed by atoms with Gasteiger partial charge in [0.2, 0.25) is 0 Å². The smallest absolute Gasteiger partial charge is 0.284 e. The molecule has 1 aliphatic heterocycles. The van der Waals surface area contributed by atoms with E-state index in [1.165, 1.54) is 16.2 Å². The van der Waals surface area contributed by atoms with Gasteiger partial charge in [-0.3, -0.25) is 14.6 Å². The van der Waals surface area contributed by atoms with Crippen molar-refractivity contribution in [3.8, 4) is 0 Å². The van der Waals surface area contributed by atoms with Crippen molar-refractivity contribution in [3.05, 3.63) is 29.3 Å². The molecule has 1 aromatic rings. The Kier molecular flexibility index (Phi) is 3.66. The van der Waals surface area contributed by atoms with Crippen LogP contribution in [0.1, 0.15) is 32.1 Å². The van der Waals surface area contributed by atoms with Crippen LogP contribution in [0, 0.1) is 0 Å². The van der Waals surface area contributed by atoms with Crippen molar-refractivity contribution in [3.63, 3.8) is 0 Å². The van der Waals surface area contributed by atoms with Gasteiger partial charge in [0.05, 0.1) is 0 Å². The lowest BCUT2D eigenvalue weighted by Gasteiger charge is -2.29. The number of urea groups is 1. The van der Waals surface area contributed by atoms with E-state index in [-0.39, 0.29) is 24.5 Å². The fourth-order valence-electron chi connectivity index (χ4n) is 3.06. The predicted molar refractivity (Wildman–Crippen MR) is 77.9 cm³/mol. The Morgan fingerprint density at radius 3 is 2.55 bits per heavy atom. The Bertz CT molecular complexity index is 540. The Morgan fingerprint density at radius 2 is 1.85 bits per heavy atom. The van der Waals surface area contributed by atoms with Crippen LogP contribution in [-0.2, 0) is 4.79 Å². The molecule has 1 saturated carbocycles. The molecule has 1 saturated heterocycles. The van der Waals surface area contributed by atoms with Crippen molar-refractivity contribution >= 4 is 29.2 Å². The van der Waals surface area contributed by atoms with E-state index in [1.54, 1.807) is 24.3 Å². The molecule has 3 rings (SSSR count). The van der Waals surface area contributed by atoms with Crippen LogP contribution in [0.2, 0.25) is 5.02 Å².